The molecule has 1 aliphatic rings. The van der Waals surface area contributed by atoms with Gasteiger partial charge in [0.2, 0.25) is 0 Å². The van der Waals surface area contributed by atoms with Crippen LogP contribution in [0.3, 0.4) is 0 Å². The third-order valence-electron chi connectivity index (χ3n) is 3.50. The quantitative estimate of drug-likeness (QED) is 0.789. The number of hydrogen-bond acceptors (Lipinski definition) is 3. The fourth-order valence-corrected chi connectivity index (χ4v) is 2.34. The molecule has 2 rings (SSSR count). The monoisotopic (exact) mass is 219 g/mol. The van der Waals surface area contributed by atoms with Gasteiger partial charge in [-0.05, 0) is 36.8 Å². The van der Waals surface area contributed by atoms with E-state index in [9.17, 15) is 0 Å². The summed E-state index contributed by atoms with van der Waals surface area (Å²) in [4.78, 5) is 6.53. The van der Waals surface area contributed by atoms with Crippen LogP contribution in [0.25, 0.3) is 0 Å². The molecule has 0 bridgehead atoms. The van der Waals surface area contributed by atoms with Crippen LogP contribution in [-0.4, -0.2) is 18.1 Å². The lowest BCUT2D eigenvalue weighted by Crippen LogP contribution is -2.26. The molecular weight excluding hydrogens is 198 g/mol. The maximum atomic E-state index is 5.92. The van der Waals surface area contributed by atoms with Crippen LogP contribution in [0.15, 0.2) is 18.3 Å². The Balaban J connectivity index is 2.14. The van der Waals surface area contributed by atoms with Crippen molar-refractivity contribution in [3.8, 4) is 0 Å². The van der Waals surface area contributed by atoms with Gasteiger partial charge in [-0.3, -0.25) is 0 Å². The number of aromatic nitrogens is 1. The first-order valence-electron chi connectivity index (χ1n) is 6.04. The van der Waals surface area contributed by atoms with E-state index in [-0.39, 0.29) is 0 Å². The molecule has 2 N–H and O–H groups in total. The van der Waals surface area contributed by atoms with Crippen molar-refractivity contribution < 1.29 is 0 Å². The second kappa shape index (κ2) is 4.32. The average Bonchev–Trinajstić information content (AvgIpc) is 2.40. The van der Waals surface area contributed by atoms with E-state index < -0.39 is 0 Å². The molecule has 16 heavy (non-hydrogen) atoms. The van der Waals surface area contributed by atoms with Crippen molar-refractivity contribution >= 4 is 11.5 Å². The Hall–Kier alpha value is -1.25. The van der Waals surface area contributed by atoms with Crippen LogP contribution in [0.2, 0.25) is 0 Å². The van der Waals surface area contributed by atoms with E-state index in [0.717, 1.165) is 18.8 Å². The molecule has 0 amide bonds. The highest BCUT2D eigenvalue weighted by atomic mass is 15.1. The van der Waals surface area contributed by atoms with Crippen molar-refractivity contribution in [1.29, 1.82) is 0 Å². The highest BCUT2D eigenvalue weighted by molar-refractivity contribution is 5.62. The van der Waals surface area contributed by atoms with Crippen molar-refractivity contribution in [3.63, 3.8) is 0 Å². The SMILES string of the molecule is CC1(C)CCCN(c2cccnc2N)CC1. The Labute approximate surface area is 97.7 Å². The van der Waals surface area contributed by atoms with E-state index in [1.54, 1.807) is 6.20 Å². The Morgan fingerprint density at radius 2 is 2.12 bits per heavy atom. The van der Waals surface area contributed by atoms with Gasteiger partial charge in [-0.2, -0.15) is 0 Å². The molecule has 0 unspecified atom stereocenters. The molecule has 88 valence electrons. The van der Waals surface area contributed by atoms with E-state index in [1.807, 2.05) is 6.07 Å². The average molecular weight is 219 g/mol. The summed E-state index contributed by atoms with van der Waals surface area (Å²) in [5.74, 6) is 0.655. The largest absolute Gasteiger partial charge is 0.382 e. The lowest BCUT2D eigenvalue weighted by molar-refractivity contribution is 0.325. The van der Waals surface area contributed by atoms with Gasteiger partial charge in [-0.1, -0.05) is 13.8 Å². The van der Waals surface area contributed by atoms with Crippen molar-refractivity contribution in [1.82, 2.24) is 4.98 Å². The predicted octanol–water partition coefficient (Wildman–Crippen LogP) is 2.68. The summed E-state index contributed by atoms with van der Waals surface area (Å²) in [6, 6.07) is 4.03. The smallest absolute Gasteiger partial charge is 0.146 e. The zero-order chi connectivity index (χ0) is 11.6. The second-order valence-electron chi connectivity index (χ2n) is 5.41. The van der Waals surface area contributed by atoms with E-state index in [0.29, 0.717) is 11.2 Å². The van der Waals surface area contributed by atoms with Crippen molar-refractivity contribution in [2.75, 3.05) is 23.7 Å². The Bertz CT molecular complexity index is 360. The summed E-state index contributed by atoms with van der Waals surface area (Å²) in [7, 11) is 0. The Morgan fingerprint density at radius 1 is 1.31 bits per heavy atom. The zero-order valence-corrected chi connectivity index (χ0v) is 10.2. The minimum absolute atomic E-state index is 0.464. The lowest BCUT2D eigenvalue weighted by atomic mass is 9.85. The minimum Gasteiger partial charge on any atom is -0.382 e. The van der Waals surface area contributed by atoms with Gasteiger partial charge in [0, 0.05) is 19.3 Å². The molecule has 1 aromatic heterocycles. The molecule has 0 spiro atoms. The molecule has 1 fully saturated rings. The maximum absolute atomic E-state index is 5.92. The van der Waals surface area contributed by atoms with Gasteiger partial charge in [0.05, 0.1) is 5.69 Å². The molecule has 0 atom stereocenters. The summed E-state index contributed by atoms with van der Waals surface area (Å²) in [6.07, 6.45) is 5.51. The van der Waals surface area contributed by atoms with Gasteiger partial charge in [0.15, 0.2) is 0 Å². The molecule has 0 aromatic carbocycles. The van der Waals surface area contributed by atoms with Crippen LogP contribution in [0, 0.1) is 5.41 Å². The van der Waals surface area contributed by atoms with E-state index in [1.165, 1.54) is 19.3 Å². The van der Waals surface area contributed by atoms with Crippen LogP contribution >= 0.6 is 0 Å². The highest BCUT2D eigenvalue weighted by Crippen LogP contribution is 2.32. The maximum Gasteiger partial charge on any atom is 0.146 e. The summed E-state index contributed by atoms with van der Waals surface area (Å²) in [5.41, 5.74) is 7.48. The van der Waals surface area contributed by atoms with Gasteiger partial charge < -0.3 is 10.6 Å². The third-order valence-corrected chi connectivity index (χ3v) is 3.50. The normalized spacial score (nSPS) is 20.5. The van der Waals surface area contributed by atoms with Crippen molar-refractivity contribution in [3.05, 3.63) is 18.3 Å². The van der Waals surface area contributed by atoms with E-state index in [2.05, 4.69) is 29.8 Å². The molecule has 2 heterocycles. The first-order valence-corrected chi connectivity index (χ1v) is 6.04. The van der Waals surface area contributed by atoms with Crippen LogP contribution < -0.4 is 10.6 Å². The number of rotatable bonds is 1. The Morgan fingerprint density at radius 3 is 2.88 bits per heavy atom. The second-order valence-corrected chi connectivity index (χ2v) is 5.41. The molecule has 1 saturated heterocycles. The first-order chi connectivity index (χ1) is 7.58. The summed E-state index contributed by atoms with van der Waals surface area (Å²) in [5, 5.41) is 0. The van der Waals surface area contributed by atoms with Crippen LogP contribution in [0.5, 0.6) is 0 Å². The number of nitrogen functional groups attached to an aromatic ring is 1. The number of anilines is 2. The number of nitrogens with zero attached hydrogens (tertiary/aromatic N) is 2. The fourth-order valence-electron chi connectivity index (χ4n) is 2.34. The van der Waals surface area contributed by atoms with Crippen molar-refractivity contribution in [2.45, 2.75) is 33.1 Å². The fraction of sp³-hybridized carbons (Fsp3) is 0.615. The minimum atomic E-state index is 0.464. The van der Waals surface area contributed by atoms with Gasteiger partial charge in [-0.25, -0.2) is 4.98 Å². The lowest BCUT2D eigenvalue weighted by Gasteiger charge is -2.25. The highest BCUT2D eigenvalue weighted by Gasteiger charge is 2.23. The summed E-state index contributed by atoms with van der Waals surface area (Å²) < 4.78 is 0. The molecule has 1 aromatic rings. The van der Waals surface area contributed by atoms with Crippen LogP contribution in [-0.2, 0) is 0 Å². The van der Waals surface area contributed by atoms with Gasteiger partial charge in [0.25, 0.3) is 0 Å². The van der Waals surface area contributed by atoms with E-state index in [4.69, 9.17) is 5.73 Å². The van der Waals surface area contributed by atoms with Gasteiger partial charge in [0.1, 0.15) is 5.82 Å². The van der Waals surface area contributed by atoms with Gasteiger partial charge in [-0.15, -0.1) is 0 Å². The molecule has 1 aliphatic heterocycles. The first kappa shape index (κ1) is 11.2. The van der Waals surface area contributed by atoms with E-state index >= 15 is 0 Å². The van der Waals surface area contributed by atoms with Crippen molar-refractivity contribution in [2.24, 2.45) is 5.41 Å². The topological polar surface area (TPSA) is 42.2 Å². The third kappa shape index (κ3) is 2.46. The standard InChI is InChI=1S/C13H21N3/c1-13(2)6-4-9-16(10-7-13)11-5-3-8-15-12(11)14/h3,5,8H,4,6-7,9-10H2,1-2H3,(H2,14,15). The molecule has 3 heteroatoms. The van der Waals surface area contributed by atoms with Crippen LogP contribution in [0.4, 0.5) is 11.5 Å². The number of hydrogen-bond donors (Lipinski definition) is 1. The molecule has 0 aliphatic carbocycles. The van der Waals surface area contributed by atoms with Gasteiger partial charge >= 0.3 is 0 Å². The number of nitrogens with two attached hydrogens (primary N) is 1. The summed E-state index contributed by atoms with van der Waals surface area (Å²) in [6.45, 7) is 6.88. The molecule has 3 nitrogen and oxygen atoms in total. The molecule has 0 radical (unpaired) electrons. The molecular formula is C13H21N3. The predicted molar refractivity (Wildman–Crippen MR) is 68.5 cm³/mol. The molecule has 0 saturated carbocycles. The Kier molecular flexibility index (Phi) is 3.03. The summed E-state index contributed by atoms with van der Waals surface area (Å²) >= 11 is 0. The number of pyridine rings is 1. The zero-order valence-electron chi connectivity index (χ0n) is 10.2. The van der Waals surface area contributed by atoms with Crippen LogP contribution in [0.1, 0.15) is 33.1 Å².